The van der Waals surface area contributed by atoms with Crippen LogP contribution in [-0.4, -0.2) is 0 Å². The first-order chi connectivity index (χ1) is 5.70. The molecule has 0 radical (unpaired) electrons. The summed E-state index contributed by atoms with van der Waals surface area (Å²) in [6.07, 6.45) is 0. The predicted octanol–water partition coefficient (Wildman–Crippen LogP) is 2.85. The molecule has 0 aliphatic heterocycles. The molecule has 0 fully saturated rings. The van der Waals surface area contributed by atoms with E-state index in [-0.39, 0.29) is 22.3 Å². The lowest BCUT2D eigenvalue weighted by Gasteiger charge is -2.02. The van der Waals surface area contributed by atoms with Gasteiger partial charge in [0.05, 0.1) is 10.0 Å². The van der Waals surface area contributed by atoms with Crippen molar-refractivity contribution < 1.29 is 0 Å². The quantitative estimate of drug-likeness (QED) is 0.754. The Balaban J connectivity index is 3.33. The summed E-state index contributed by atoms with van der Waals surface area (Å²) in [5.41, 5.74) is 6.07. The molecule has 0 aliphatic rings. The van der Waals surface area contributed by atoms with E-state index in [1.54, 1.807) is 12.1 Å². The first kappa shape index (κ1) is 9.45. The zero-order chi connectivity index (χ0) is 9.14. The molecule has 0 unspecified atom stereocenters. The molecule has 1 aromatic rings. The minimum absolute atomic E-state index is 0.0567. The molecule has 0 saturated heterocycles. The van der Waals surface area contributed by atoms with Crippen molar-refractivity contribution in [3.8, 4) is 0 Å². The van der Waals surface area contributed by atoms with E-state index < -0.39 is 0 Å². The summed E-state index contributed by atoms with van der Waals surface area (Å²) in [6.45, 7) is 0.262. The molecule has 0 heterocycles. The third-order valence-corrected chi connectivity index (χ3v) is 2.18. The van der Waals surface area contributed by atoms with Crippen LogP contribution in [0, 0.1) is 4.91 Å². The molecule has 1 rings (SSSR count). The van der Waals surface area contributed by atoms with Gasteiger partial charge in [0, 0.05) is 6.54 Å². The molecule has 0 saturated carbocycles. The molecule has 3 nitrogen and oxygen atoms in total. The van der Waals surface area contributed by atoms with Crippen LogP contribution in [0.15, 0.2) is 17.3 Å². The first-order valence-corrected chi connectivity index (χ1v) is 3.96. The summed E-state index contributed by atoms with van der Waals surface area (Å²) in [5.74, 6) is 0. The van der Waals surface area contributed by atoms with Crippen LogP contribution in [0.1, 0.15) is 5.56 Å². The van der Waals surface area contributed by atoms with Gasteiger partial charge < -0.3 is 5.73 Å². The summed E-state index contributed by atoms with van der Waals surface area (Å²) in [7, 11) is 0. The number of hydrogen-bond acceptors (Lipinski definition) is 3. The van der Waals surface area contributed by atoms with Gasteiger partial charge >= 0.3 is 0 Å². The minimum atomic E-state index is 0.0567. The molecular formula is C7H6Cl2N2O. The molecule has 0 atom stereocenters. The van der Waals surface area contributed by atoms with E-state index in [2.05, 4.69) is 5.18 Å². The molecule has 2 N–H and O–H groups in total. The maximum absolute atomic E-state index is 10.3. The monoisotopic (exact) mass is 204 g/mol. The first-order valence-electron chi connectivity index (χ1n) is 3.21. The second kappa shape index (κ2) is 3.85. The topological polar surface area (TPSA) is 55.4 Å². The molecule has 0 bridgehead atoms. The molecule has 0 amide bonds. The average molecular weight is 205 g/mol. The van der Waals surface area contributed by atoms with E-state index in [0.717, 1.165) is 0 Å². The van der Waals surface area contributed by atoms with Crippen LogP contribution < -0.4 is 5.73 Å². The average Bonchev–Trinajstić information content (AvgIpc) is 2.06. The lowest BCUT2D eigenvalue weighted by Crippen LogP contribution is -1.96. The van der Waals surface area contributed by atoms with Gasteiger partial charge in [0.15, 0.2) is 0 Å². The maximum Gasteiger partial charge on any atom is 0.145 e. The SMILES string of the molecule is NCc1ccc(Cl)c(N=O)c1Cl. The molecule has 12 heavy (non-hydrogen) atoms. The summed E-state index contributed by atoms with van der Waals surface area (Å²) in [4.78, 5) is 10.3. The van der Waals surface area contributed by atoms with Crippen LogP contribution in [0.5, 0.6) is 0 Å². The van der Waals surface area contributed by atoms with Gasteiger partial charge in [0.1, 0.15) is 5.69 Å². The molecule has 0 aromatic heterocycles. The maximum atomic E-state index is 10.3. The Morgan fingerprint density at radius 2 is 2.08 bits per heavy atom. The number of halogens is 2. The van der Waals surface area contributed by atoms with Gasteiger partial charge in [0.2, 0.25) is 0 Å². The molecule has 5 heteroatoms. The fourth-order valence-corrected chi connectivity index (χ4v) is 1.34. The summed E-state index contributed by atoms with van der Waals surface area (Å²) < 4.78 is 0. The lowest BCUT2D eigenvalue weighted by atomic mass is 10.2. The summed E-state index contributed by atoms with van der Waals surface area (Å²) in [5, 5.41) is 3.19. The van der Waals surface area contributed by atoms with Crippen LogP contribution in [0.3, 0.4) is 0 Å². The van der Waals surface area contributed by atoms with Crippen molar-refractivity contribution in [2.45, 2.75) is 6.54 Å². The highest BCUT2D eigenvalue weighted by Crippen LogP contribution is 2.35. The Bertz CT molecular complexity index is 315. The highest BCUT2D eigenvalue weighted by Gasteiger charge is 2.09. The highest BCUT2D eigenvalue weighted by atomic mass is 35.5. The van der Waals surface area contributed by atoms with Gasteiger partial charge in [-0.3, -0.25) is 0 Å². The summed E-state index contributed by atoms with van der Waals surface area (Å²) in [6, 6.07) is 3.21. The smallest absolute Gasteiger partial charge is 0.145 e. The largest absolute Gasteiger partial charge is 0.326 e. The number of nitrogens with two attached hydrogens (primary N) is 1. The number of hydrogen-bond donors (Lipinski definition) is 1. The van der Waals surface area contributed by atoms with Crippen molar-refractivity contribution in [2.75, 3.05) is 0 Å². The van der Waals surface area contributed by atoms with E-state index in [1.807, 2.05) is 0 Å². The van der Waals surface area contributed by atoms with Crippen molar-refractivity contribution in [2.24, 2.45) is 10.9 Å². The van der Waals surface area contributed by atoms with Crippen LogP contribution >= 0.6 is 23.2 Å². The van der Waals surface area contributed by atoms with Crippen molar-refractivity contribution in [1.29, 1.82) is 0 Å². The van der Waals surface area contributed by atoms with Gasteiger partial charge in [0.25, 0.3) is 0 Å². The third kappa shape index (κ3) is 1.58. The Morgan fingerprint density at radius 3 is 2.58 bits per heavy atom. The van der Waals surface area contributed by atoms with Crippen LogP contribution in [0.2, 0.25) is 10.0 Å². The second-order valence-corrected chi connectivity index (χ2v) is 2.95. The zero-order valence-corrected chi connectivity index (χ0v) is 7.56. The second-order valence-electron chi connectivity index (χ2n) is 2.16. The predicted molar refractivity (Wildman–Crippen MR) is 49.8 cm³/mol. The summed E-state index contributed by atoms with van der Waals surface area (Å²) >= 11 is 11.4. The van der Waals surface area contributed by atoms with E-state index in [1.165, 1.54) is 0 Å². The Labute approximate surface area is 79.4 Å². The van der Waals surface area contributed by atoms with E-state index in [4.69, 9.17) is 28.9 Å². The number of nitroso groups, excluding NO2 is 1. The molecule has 0 spiro atoms. The van der Waals surface area contributed by atoms with Gasteiger partial charge in [-0.25, -0.2) is 0 Å². The van der Waals surface area contributed by atoms with E-state index in [9.17, 15) is 4.91 Å². The Morgan fingerprint density at radius 1 is 1.42 bits per heavy atom. The van der Waals surface area contributed by atoms with Gasteiger partial charge in [-0.2, -0.15) is 0 Å². The van der Waals surface area contributed by atoms with Crippen molar-refractivity contribution in [3.63, 3.8) is 0 Å². The number of nitrogens with zero attached hydrogens (tertiary/aromatic N) is 1. The van der Waals surface area contributed by atoms with Gasteiger partial charge in [-0.1, -0.05) is 29.3 Å². The molecule has 0 aliphatic carbocycles. The van der Waals surface area contributed by atoms with Gasteiger partial charge in [-0.05, 0) is 16.8 Å². The van der Waals surface area contributed by atoms with E-state index >= 15 is 0 Å². The molecule has 1 aromatic carbocycles. The number of benzene rings is 1. The Kier molecular flexibility index (Phi) is 3.03. The van der Waals surface area contributed by atoms with E-state index in [0.29, 0.717) is 5.56 Å². The Hall–Kier alpha value is -0.640. The van der Waals surface area contributed by atoms with Crippen molar-refractivity contribution >= 4 is 28.9 Å². The van der Waals surface area contributed by atoms with Crippen LogP contribution in [0.25, 0.3) is 0 Å². The van der Waals surface area contributed by atoms with Crippen molar-refractivity contribution in [1.82, 2.24) is 0 Å². The highest BCUT2D eigenvalue weighted by molar-refractivity contribution is 6.39. The molecule has 64 valence electrons. The van der Waals surface area contributed by atoms with Crippen molar-refractivity contribution in [3.05, 3.63) is 32.6 Å². The standard InChI is InChI=1S/C7H6Cl2N2O/c8-5-2-1-4(3-10)6(9)7(5)11-12/h1-2H,3,10H2. The molecular weight excluding hydrogens is 199 g/mol. The fraction of sp³-hybridized carbons (Fsp3) is 0.143. The number of rotatable bonds is 2. The van der Waals surface area contributed by atoms with Crippen LogP contribution in [0.4, 0.5) is 5.69 Å². The fourth-order valence-electron chi connectivity index (χ4n) is 0.824. The normalized spacial score (nSPS) is 9.92. The minimum Gasteiger partial charge on any atom is -0.326 e. The van der Waals surface area contributed by atoms with Crippen LogP contribution in [-0.2, 0) is 6.54 Å². The zero-order valence-electron chi connectivity index (χ0n) is 6.05. The lowest BCUT2D eigenvalue weighted by molar-refractivity contribution is 1.07. The van der Waals surface area contributed by atoms with Gasteiger partial charge in [-0.15, -0.1) is 4.91 Å². The third-order valence-electron chi connectivity index (χ3n) is 1.46.